The summed E-state index contributed by atoms with van der Waals surface area (Å²) < 4.78 is 5.38. The second-order valence-corrected chi connectivity index (χ2v) is 9.16. The lowest BCUT2D eigenvalue weighted by atomic mass is 10.3. The maximum atomic E-state index is 10.3. The van der Waals surface area contributed by atoms with Crippen molar-refractivity contribution >= 4 is 25.5 Å². The summed E-state index contributed by atoms with van der Waals surface area (Å²) in [6.45, 7) is 6.53. The summed E-state index contributed by atoms with van der Waals surface area (Å²) in [6, 6.07) is 1.91. The maximum absolute atomic E-state index is 10.3. The predicted octanol–water partition coefficient (Wildman–Crippen LogP) is 1.92. The van der Waals surface area contributed by atoms with Crippen LogP contribution in [0.4, 0.5) is 0 Å². The van der Waals surface area contributed by atoms with Crippen LogP contribution in [0.5, 0.6) is 0 Å². The molecule has 0 atom stereocenters. The zero-order valence-electron chi connectivity index (χ0n) is 8.57. The molecule has 1 rings (SSSR count). The van der Waals surface area contributed by atoms with Crippen LogP contribution in [0.1, 0.15) is 5.56 Å². The van der Waals surface area contributed by atoms with Crippen molar-refractivity contribution in [3.8, 4) is 0 Å². The maximum Gasteiger partial charge on any atom is 0.328 e. The van der Waals surface area contributed by atoms with Gasteiger partial charge in [-0.15, -0.1) is 0 Å². The Bertz CT molecular complexity index is 358. The van der Waals surface area contributed by atoms with Crippen LogP contribution in [0, 0.1) is 0 Å². The lowest BCUT2D eigenvalue weighted by Crippen LogP contribution is -2.36. The number of carboxylic acid groups (broad SMARTS) is 1. The Morgan fingerprint density at radius 1 is 1.50 bits per heavy atom. The van der Waals surface area contributed by atoms with E-state index >= 15 is 0 Å². The van der Waals surface area contributed by atoms with Crippen molar-refractivity contribution in [2.24, 2.45) is 0 Å². The Morgan fingerprint density at radius 2 is 2.14 bits per heavy atom. The van der Waals surface area contributed by atoms with Crippen molar-refractivity contribution in [3.05, 3.63) is 24.0 Å². The minimum atomic E-state index is -1.42. The molecule has 1 N–H and O–H groups in total. The molecule has 4 heteroatoms. The fourth-order valence-electron chi connectivity index (χ4n) is 0.999. The molecule has 0 saturated heterocycles. The van der Waals surface area contributed by atoms with E-state index in [2.05, 4.69) is 19.6 Å². The lowest BCUT2D eigenvalue weighted by Gasteiger charge is -2.10. The van der Waals surface area contributed by atoms with Crippen molar-refractivity contribution in [1.29, 1.82) is 0 Å². The summed E-state index contributed by atoms with van der Waals surface area (Å²) in [5.41, 5.74) is 0.810. The van der Waals surface area contributed by atoms with Gasteiger partial charge in [-0.2, -0.15) is 0 Å². The molecule has 0 saturated carbocycles. The molecule has 0 aromatic carbocycles. The molecular weight excluding hydrogens is 196 g/mol. The summed E-state index contributed by atoms with van der Waals surface area (Å²) in [6.07, 6.45) is 4.24. The van der Waals surface area contributed by atoms with Crippen molar-refractivity contribution < 1.29 is 14.3 Å². The molecule has 0 amide bonds. The molecule has 0 bridgehead atoms. The molecule has 0 fully saturated rings. The van der Waals surface area contributed by atoms with Gasteiger partial charge in [-0.25, -0.2) is 4.79 Å². The van der Waals surface area contributed by atoms with Crippen LogP contribution in [0.2, 0.25) is 19.6 Å². The fourth-order valence-corrected chi connectivity index (χ4v) is 2.01. The Labute approximate surface area is 84.1 Å². The number of rotatable bonds is 3. The highest BCUT2D eigenvalue weighted by molar-refractivity contribution is 6.87. The SMILES string of the molecule is C[Si](C)(C)c1cc(C=CC(=O)O)co1. The molecular formula is C10H14O3Si. The predicted molar refractivity (Wildman–Crippen MR) is 58.4 cm³/mol. The van der Waals surface area contributed by atoms with Gasteiger partial charge in [-0.05, 0) is 12.1 Å². The average Bonchev–Trinajstić information content (AvgIpc) is 2.47. The van der Waals surface area contributed by atoms with Crippen LogP contribution in [0.15, 0.2) is 22.8 Å². The smallest absolute Gasteiger partial charge is 0.328 e. The van der Waals surface area contributed by atoms with E-state index in [-0.39, 0.29) is 0 Å². The third-order valence-electron chi connectivity index (χ3n) is 1.78. The molecule has 0 aliphatic heterocycles. The van der Waals surface area contributed by atoms with Gasteiger partial charge in [-0.1, -0.05) is 19.6 Å². The summed E-state index contributed by atoms with van der Waals surface area (Å²) in [5, 5.41) is 9.42. The van der Waals surface area contributed by atoms with E-state index in [0.29, 0.717) is 0 Å². The number of carboxylic acids is 1. The molecule has 3 nitrogen and oxygen atoms in total. The highest BCUT2D eigenvalue weighted by atomic mass is 28.3. The van der Waals surface area contributed by atoms with Gasteiger partial charge >= 0.3 is 5.97 Å². The summed E-state index contributed by atoms with van der Waals surface area (Å²) in [4.78, 5) is 10.3. The first kappa shape index (κ1) is 10.8. The second kappa shape index (κ2) is 3.83. The minimum absolute atomic E-state index is 0.810. The van der Waals surface area contributed by atoms with Gasteiger partial charge in [0.05, 0.1) is 11.6 Å². The Morgan fingerprint density at radius 3 is 2.57 bits per heavy atom. The average molecular weight is 210 g/mol. The van der Waals surface area contributed by atoms with Gasteiger partial charge in [0.2, 0.25) is 0 Å². The quantitative estimate of drug-likeness (QED) is 0.612. The molecule has 0 radical (unpaired) electrons. The lowest BCUT2D eigenvalue weighted by molar-refractivity contribution is -0.131. The fraction of sp³-hybridized carbons (Fsp3) is 0.300. The third-order valence-corrected chi connectivity index (χ3v) is 3.52. The van der Waals surface area contributed by atoms with Gasteiger partial charge in [0, 0.05) is 11.6 Å². The van der Waals surface area contributed by atoms with Crippen LogP contribution in [0.3, 0.4) is 0 Å². The van der Waals surface area contributed by atoms with Crippen LogP contribution in [-0.2, 0) is 4.79 Å². The van der Waals surface area contributed by atoms with E-state index < -0.39 is 14.0 Å². The number of furan rings is 1. The van der Waals surface area contributed by atoms with Crippen LogP contribution < -0.4 is 5.38 Å². The Hall–Kier alpha value is -1.29. The molecule has 14 heavy (non-hydrogen) atoms. The topological polar surface area (TPSA) is 50.4 Å². The number of carbonyl (C=O) groups is 1. The molecule has 76 valence electrons. The number of hydrogen-bond donors (Lipinski definition) is 1. The van der Waals surface area contributed by atoms with Crippen molar-refractivity contribution in [1.82, 2.24) is 0 Å². The summed E-state index contributed by atoms with van der Waals surface area (Å²) >= 11 is 0. The van der Waals surface area contributed by atoms with Crippen molar-refractivity contribution in [2.45, 2.75) is 19.6 Å². The van der Waals surface area contributed by atoms with E-state index in [0.717, 1.165) is 17.0 Å². The summed E-state index contributed by atoms with van der Waals surface area (Å²) in [5.74, 6) is -0.944. The van der Waals surface area contributed by atoms with E-state index in [1.165, 1.54) is 6.08 Å². The summed E-state index contributed by atoms with van der Waals surface area (Å²) in [7, 11) is -1.42. The first-order chi connectivity index (χ1) is 6.39. The van der Waals surface area contributed by atoms with Crippen LogP contribution in [-0.4, -0.2) is 19.1 Å². The van der Waals surface area contributed by atoms with Gasteiger partial charge < -0.3 is 9.52 Å². The molecule has 0 unspecified atom stereocenters. The molecule has 0 aliphatic rings. The zero-order valence-corrected chi connectivity index (χ0v) is 9.57. The van der Waals surface area contributed by atoms with E-state index in [1.807, 2.05) is 6.07 Å². The molecule has 1 heterocycles. The standard InChI is InChI=1S/C10H14O3Si/c1-14(2,3)10-6-8(7-13-10)4-5-9(11)12/h4-7H,1-3H3,(H,11,12). The number of hydrogen-bond acceptors (Lipinski definition) is 2. The Kier molecular flexibility index (Phi) is 2.95. The third kappa shape index (κ3) is 2.88. The largest absolute Gasteiger partial charge is 0.478 e. The van der Waals surface area contributed by atoms with E-state index in [9.17, 15) is 4.79 Å². The second-order valence-electron chi connectivity index (χ2n) is 4.17. The minimum Gasteiger partial charge on any atom is -0.478 e. The van der Waals surface area contributed by atoms with Gasteiger partial charge in [-0.3, -0.25) is 0 Å². The molecule has 1 aromatic heterocycles. The number of aliphatic carboxylic acids is 1. The molecule has 0 aliphatic carbocycles. The highest BCUT2D eigenvalue weighted by Gasteiger charge is 2.20. The van der Waals surface area contributed by atoms with Gasteiger partial charge in [0.25, 0.3) is 0 Å². The normalized spacial score (nSPS) is 12.2. The zero-order chi connectivity index (χ0) is 10.8. The van der Waals surface area contributed by atoms with Gasteiger partial charge in [0.1, 0.15) is 8.07 Å². The Balaban J connectivity index is 2.84. The molecule has 0 spiro atoms. The first-order valence-corrected chi connectivity index (χ1v) is 7.89. The van der Waals surface area contributed by atoms with Gasteiger partial charge in [0.15, 0.2) is 0 Å². The van der Waals surface area contributed by atoms with Crippen molar-refractivity contribution in [3.63, 3.8) is 0 Å². The van der Waals surface area contributed by atoms with Crippen LogP contribution >= 0.6 is 0 Å². The van der Waals surface area contributed by atoms with Crippen LogP contribution in [0.25, 0.3) is 6.08 Å². The molecule has 1 aromatic rings. The first-order valence-electron chi connectivity index (χ1n) is 4.39. The van der Waals surface area contributed by atoms with Crippen molar-refractivity contribution in [2.75, 3.05) is 0 Å². The van der Waals surface area contributed by atoms with E-state index in [1.54, 1.807) is 6.26 Å². The monoisotopic (exact) mass is 210 g/mol. The highest BCUT2D eigenvalue weighted by Crippen LogP contribution is 2.07. The van der Waals surface area contributed by atoms with E-state index in [4.69, 9.17) is 9.52 Å².